The summed E-state index contributed by atoms with van der Waals surface area (Å²) in [6, 6.07) is 13.6. The molecule has 1 heterocycles. The average Bonchev–Trinajstić information content (AvgIpc) is 3.07. The first kappa shape index (κ1) is 21.4. The molecule has 5 nitrogen and oxygen atoms in total. The van der Waals surface area contributed by atoms with Gasteiger partial charge < -0.3 is 9.84 Å². The lowest BCUT2D eigenvalue weighted by Gasteiger charge is -2.14. The number of carboxylic acids is 1. The molecule has 158 valence electrons. The van der Waals surface area contributed by atoms with Crippen LogP contribution in [0.1, 0.15) is 29.7 Å². The highest BCUT2D eigenvalue weighted by atomic mass is 19.4. The summed E-state index contributed by atoms with van der Waals surface area (Å²) in [6.07, 6.45) is -4.45. The Kier molecular flexibility index (Phi) is 6.14. The molecule has 1 N–H and O–H groups in total. The van der Waals surface area contributed by atoms with E-state index in [1.165, 1.54) is 12.1 Å². The average molecular weight is 418 g/mol. The summed E-state index contributed by atoms with van der Waals surface area (Å²) >= 11 is 0. The molecule has 8 heteroatoms. The molecule has 0 radical (unpaired) electrons. The fraction of sp³-hybridized carbons (Fsp3) is 0.273. The number of benzene rings is 2. The quantitative estimate of drug-likeness (QED) is 0.592. The molecule has 3 rings (SSSR count). The van der Waals surface area contributed by atoms with E-state index in [0.717, 1.165) is 17.8 Å². The Morgan fingerprint density at radius 3 is 2.50 bits per heavy atom. The molecule has 0 saturated heterocycles. The second kappa shape index (κ2) is 8.61. The van der Waals surface area contributed by atoms with Crippen LogP contribution in [-0.4, -0.2) is 27.5 Å². The van der Waals surface area contributed by atoms with Gasteiger partial charge in [-0.15, -0.1) is 0 Å². The van der Waals surface area contributed by atoms with Crippen LogP contribution >= 0.6 is 0 Å². The fourth-order valence-electron chi connectivity index (χ4n) is 3.14. The first-order valence-corrected chi connectivity index (χ1v) is 9.28. The topological polar surface area (TPSA) is 64.3 Å². The first-order valence-electron chi connectivity index (χ1n) is 9.28. The van der Waals surface area contributed by atoms with Crippen molar-refractivity contribution in [3.8, 4) is 17.0 Å². The van der Waals surface area contributed by atoms with Crippen LogP contribution in [0.4, 0.5) is 13.2 Å². The smallest absolute Gasteiger partial charge is 0.416 e. The summed E-state index contributed by atoms with van der Waals surface area (Å²) < 4.78 is 45.7. The van der Waals surface area contributed by atoms with Crippen molar-refractivity contribution in [3.05, 3.63) is 71.4 Å². The molecule has 1 aromatic heterocycles. The van der Waals surface area contributed by atoms with Gasteiger partial charge in [0, 0.05) is 24.2 Å². The molecule has 1 atom stereocenters. The van der Waals surface area contributed by atoms with Crippen molar-refractivity contribution in [2.24, 2.45) is 7.05 Å². The van der Waals surface area contributed by atoms with Crippen LogP contribution in [0.25, 0.3) is 11.3 Å². The second-order valence-corrected chi connectivity index (χ2v) is 7.08. The molecule has 0 aliphatic heterocycles. The zero-order valence-corrected chi connectivity index (χ0v) is 16.5. The summed E-state index contributed by atoms with van der Waals surface area (Å²) in [5.74, 6) is -0.384. The summed E-state index contributed by atoms with van der Waals surface area (Å²) in [7, 11) is 1.77. The Balaban J connectivity index is 1.70. The lowest BCUT2D eigenvalue weighted by Crippen LogP contribution is -2.11. The molecule has 0 spiro atoms. The number of aliphatic carboxylic acids is 1. The van der Waals surface area contributed by atoms with Crippen molar-refractivity contribution in [2.75, 3.05) is 6.61 Å². The van der Waals surface area contributed by atoms with Gasteiger partial charge in [-0.25, -0.2) is 0 Å². The number of alkyl halides is 3. The van der Waals surface area contributed by atoms with E-state index in [1.807, 2.05) is 13.0 Å². The molecule has 0 aliphatic carbocycles. The van der Waals surface area contributed by atoms with Gasteiger partial charge in [-0.3, -0.25) is 9.48 Å². The van der Waals surface area contributed by atoms with Gasteiger partial charge in [-0.1, -0.05) is 31.2 Å². The van der Waals surface area contributed by atoms with Crippen LogP contribution in [0.5, 0.6) is 5.75 Å². The highest BCUT2D eigenvalue weighted by molar-refractivity contribution is 5.70. The minimum atomic E-state index is -4.37. The van der Waals surface area contributed by atoms with E-state index in [2.05, 4.69) is 5.10 Å². The van der Waals surface area contributed by atoms with E-state index >= 15 is 0 Å². The van der Waals surface area contributed by atoms with Gasteiger partial charge in [0.2, 0.25) is 0 Å². The summed E-state index contributed by atoms with van der Waals surface area (Å²) in [6.45, 7) is 2.29. The maximum atomic E-state index is 12.7. The number of rotatable bonds is 7. The maximum absolute atomic E-state index is 12.7. The summed E-state index contributed by atoms with van der Waals surface area (Å²) in [5.41, 5.74) is 1.99. The van der Waals surface area contributed by atoms with E-state index in [9.17, 15) is 18.0 Å². The number of nitrogens with zero attached hydrogens (tertiary/aromatic N) is 2. The maximum Gasteiger partial charge on any atom is 0.416 e. The molecule has 0 saturated carbocycles. The predicted octanol–water partition coefficient (Wildman–Crippen LogP) is 4.92. The van der Waals surface area contributed by atoms with Crippen molar-refractivity contribution in [1.29, 1.82) is 0 Å². The third-order valence-electron chi connectivity index (χ3n) is 4.68. The molecule has 2 aromatic carbocycles. The van der Waals surface area contributed by atoms with E-state index in [-0.39, 0.29) is 12.3 Å². The molecule has 0 amide bonds. The van der Waals surface area contributed by atoms with Crippen molar-refractivity contribution >= 4 is 5.97 Å². The Morgan fingerprint density at radius 2 is 1.87 bits per heavy atom. The molecule has 0 bridgehead atoms. The number of aryl methyl sites for hydroxylation is 1. The Hall–Kier alpha value is -3.29. The SMILES string of the molecule is CC(COc1cccc(CC(=O)O)c1)c1cc(-c2ccc(C(F)(F)F)cc2)nn1C. The van der Waals surface area contributed by atoms with E-state index in [0.29, 0.717) is 29.2 Å². The Bertz CT molecular complexity index is 1030. The summed E-state index contributed by atoms with van der Waals surface area (Å²) in [5, 5.41) is 13.3. The standard InChI is InChI=1S/C22H21F3N2O3/c1-14(13-30-18-5-3-4-15(10-18)11-21(28)29)20-12-19(26-27(20)2)16-6-8-17(9-7-16)22(23,24)25/h3-10,12,14H,11,13H2,1-2H3,(H,28,29). The summed E-state index contributed by atoms with van der Waals surface area (Å²) in [4.78, 5) is 10.8. The third kappa shape index (κ3) is 5.20. The van der Waals surface area contributed by atoms with Gasteiger partial charge in [0.05, 0.1) is 24.3 Å². The van der Waals surface area contributed by atoms with Gasteiger partial charge in [0.25, 0.3) is 0 Å². The number of carboxylic acid groups (broad SMARTS) is 1. The Labute approximate surface area is 171 Å². The lowest BCUT2D eigenvalue weighted by molar-refractivity contribution is -0.138. The van der Waals surface area contributed by atoms with Crippen molar-refractivity contribution in [3.63, 3.8) is 0 Å². The van der Waals surface area contributed by atoms with Crippen LogP contribution in [0.15, 0.2) is 54.6 Å². The van der Waals surface area contributed by atoms with Gasteiger partial charge in [0.15, 0.2) is 0 Å². The van der Waals surface area contributed by atoms with Gasteiger partial charge in [0.1, 0.15) is 5.75 Å². The predicted molar refractivity (Wildman–Crippen MR) is 105 cm³/mol. The second-order valence-electron chi connectivity index (χ2n) is 7.08. The van der Waals surface area contributed by atoms with E-state index < -0.39 is 17.7 Å². The number of hydrogen-bond donors (Lipinski definition) is 1. The van der Waals surface area contributed by atoms with Crippen LogP contribution in [-0.2, 0) is 24.4 Å². The van der Waals surface area contributed by atoms with Crippen LogP contribution in [0, 0.1) is 0 Å². The van der Waals surface area contributed by atoms with Crippen LogP contribution < -0.4 is 4.74 Å². The Morgan fingerprint density at radius 1 is 1.17 bits per heavy atom. The van der Waals surface area contributed by atoms with Gasteiger partial charge >= 0.3 is 12.1 Å². The number of halogens is 3. The lowest BCUT2D eigenvalue weighted by atomic mass is 10.1. The minimum Gasteiger partial charge on any atom is -0.493 e. The molecule has 0 fully saturated rings. The molecular formula is C22H21F3N2O3. The number of carbonyl (C=O) groups is 1. The third-order valence-corrected chi connectivity index (χ3v) is 4.68. The highest BCUT2D eigenvalue weighted by Crippen LogP contribution is 2.31. The zero-order valence-electron chi connectivity index (χ0n) is 16.5. The van der Waals surface area contributed by atoms with Crippen LogP contribution in [0.3, 0.4) is 0 Å². The van der Waals surface area contributed by atoms with Gasteiger partial charge in [-0.2, -0.15) is 18.3 Å². The normalized spacial score (nSPS) is 12.6. The first-order chi connectivity index (χ1) is 14.1. The highest BCUT2D eigenvalue weighted by Gasteiger charge is 2.30. The monoisotopic (exact) mass is 418 g/mol. The number of hydrogen-bond acceptors (Lipinski definition) is 3. The largest absolute Gasteiger partial charge is 0.493 e. The zero-order chi connectivity index (χ0) is 21.9. The fourth-order valence-corrected chi connectivity index (χ4v) is 3.14. The van der Waals surface area contributed by atoms with Crippen molar-refractivity contribution < 1.29 is 27.8 Å². The van der Waals surface area contributed by atoms with Crippen molar-refractivity contribution in [2.45, 2.75) is 25.4 Å². The molecule has 1 unspecified atom stereocenters. The van der Waals surface area contributed by atoms with E-state index in [1.54, 1.807) is 36.0 Å². The number of ether oxygens (including phenoxy) is 1. The molecule has 0 aliphatic rings. The minimum absolute atomic E-state index is 0.0474. The van der Waals surface area contributed by atoms with E-state index in [4.69, 9.17) is 9.84 Å². The molecular weight excluding hydrogens is 397 g/mol. The molecule has 3 aromatic rings. The van der Waals surface area contributed by atoms with Gasteiger partial charge in [-0.05, 0) is 35.9 Å². The molecule has 30 heavy (non-hydrogen) atoms. The number of aromatic nitrogens is 2. The van der Waals surface area contributed by atoms with Crippen molar-refractivity contribution in [1.82, 2.24) is 9.78 Å². The van der Waals surface area contributed by atoms with Crippen LogP contribution in [0.2, 0.25) is 0 Å².